The molecule has 0 bridgehead atoms. The summed E-state index contributed by atoms with van der Waals surface area (Å²) in [5, 5.41) is 0.704. The second-order valence-corrected chi connectivity index (χ2v) is 11.0. The molecule has 0 spiro atoms. The molecule has 0 N–H and O–H groups in total. The Morgan fingerprint density at radius 3 is 2.47 bits per heavy atom. The number of likely N-dealkylation sites (N-methyl/N-ethyl adjacent to an activating group) is 1. The molecule has 0 fully saturated rings. The summed E-state index contributed by atoms with van der Waals surface area (Å²) in [5.74, 6) is -0.0273. The first-order valence-corrected chi connectivity index (χ1v) is 13.9. The third kappa shape index (κ3) is 6.64. The number of hydrogen-bond acceptors (Lipinski definition) is 6. The van der Waals surface area contributed by atoms with Crippen molar-refractivity contribution in [1.82, 2.24) is 4.90 Å². The zero-order chi connectivity index (χ0) is 27.2. The fourth-order valence-electron chi connectivity index (χ4n) is 4.37. The van der Waals surface area contributed by atoms with Gasteiger partial charge in [0.05, 0.1) is 28.1 Å². The molecule has 4 rings (SSSR count). The lowest BCUT2D eigenvalue weighted by Crippen LogP contribution is -2.45. The first-order valence-electron chi connectivity index (χ1n) is 12.3. The average molecular weight is 574 g/mol. The molecule has 6 nitrogen and oxygen atoms in total. The Labute approximate surface area is 237 Å². The molecule has 1 heterocycles. The Bertz CT molecular complexity index is 1290. The molecule has 1 aliphatic rings. The summed E-state index contributed by atoms with van der Waals surface area (Å²) in [6.45, 7) is 3.12. The van der Waals surface area contributed by atoms with Crippen molar-refractivity contribution in [3.8, 4) is 5.75 Å². The van der Waals surface area contributed by atoms with Gasteiger partial charge < -0.3 is 19.3 Å². The van der Waals surface area contributed by atoms with Crippen LogP contribution in [-0.2, 0) is 20.7 Å². The molecular formula is C29H30Cl2N2O4S. The SMILES string of the molecule is COc1ccc([C@@H]2Sc3ccccc3N(CCN(C)CCc3cccc(Cl)c3Cl)C(=O)[C@@H]2OC(C)=O)cc1. The van der Waals surface area contributed by atoms with Crippen LogP contribution < -0.4 is 9.64 Å². The molecular weight excluding hydrogens is 543 g/mol. The summed E-state index contributed by atoms with van der Waals surface area (Å²) in [5.41, 5.74) is 2.67. The average Bonchev–Trinajstić information content (AvgIpc) is 3.02. The minimum atomic E-state index is -0.978. The van der Waals surface area contributed by atoms with E-state index >= 15 is 0 Å². The van der Waals surface area contributed by atoms with Crippen molar-refractivity contribution in [1.29, 1.82) is 0 Å². The number of nitrogens with zero attached hydrogens (tertiary/aromatic N) is 2. The van der Waals surface area contributed by atoms with Crippen LogP contribution in [0.3, 0.4) is 0 Å². The van der Waals surface area contributed by atoms with Crippen molar-refractivity contribution in [2.45, 2.75) is 29.6 Å². The van der Waals surface area contributed by atoms with Gasteiger partial charge in [-0.1, -0.05) is 59.6 Å². The summed E-state index contributed by atoms with van der Waals surface area (Å²) in [7, 11) is 3.61. The number of benzene rings is 3. The smallest absolute Gasteiger partial charge is 0.303 e. The largest absolute Gasteiger partial charge is 0.497 e. The Morgan fingerprint density at radius 2 is 1.76 bits per heavy atom. The van der Waals surface area contributed by atoms with Crippen LogP contribution in [-0.4, -0.2) is 56.7 Å². The van der Waals surface area contributed by atoms with Crippen molar-refractivity contribution in [2.75, 3.05) is 38.7 Å². The minimum Gasteiger partial charge on any atom is -0.497 e. The quantitative estimate of drug-likeness (QED) is 0.281. The minimum absolute atomic E-state index is 0.246. The van der Waals surface area contributed by atoms with Gasteiger partial charge >= 0.3 is 5.97 Å². The molecule has 2 atom stereocenters. The normalized spacial score (nSPS) is 17.2. The zero-order valence-electron chi connectivity index (χ0n) is 21.5. The van der Waals surface area contributed by atoms with Crippen LogP contribution in [0.2, 0.25) is 10.0 Å². The molecule has 9 heteroatoms. The molecule has 200 valence electrons. The molecule has 0 aromatic heterocycles. The maximum absolute atomic E-state index is 14.0. The Morgan fingerprint density at radius 1 is 1.03 bits per heavy atom. The van der Waals surface area contributed by atoms with Crippen LogP contribution in [0, 0.1) is 0 Å². The van der Waals surface area contributed by atoms with E-state index in [2.05, 4.69) is 4.90 Å². The summed E-state index contributed by atoms with van der Waals surface area (Å²) < 4.78 is 11.0. The number of amides is 1. The first-order chi connectivity index (χ1) is 18.3. The highest BCUT2D eigenvalue weighted by molar-refractivity contribution is 7.99. The van der Waals surface area contributed by atoms with Crippen molar-refractivity contribution in [3.05, 3.63) is 87.9 Å². The van der Waals surface area contributed by atoms with Crippen LogP contribution in [0.1, 0.15) is 23.3 Å². The number of para-hydroxylation sites is 1. The predicted molar refractivity (Wildman–Crippen MR) is 154 cm³/mol. The molecule has 3 aromatic carbocycles. The fraction of sp³-hybridized carbons (Fsp3) is 0.310. The van der Waals surface area contributed by atoms with Crippen molar-refractivity contribution in [2.24, 2.45) is 0 Å². The molecule has 0 saturated heterocycles. The number of anilines is 1. The first kappa shape index (κ1) is 28.3. The van der Waals surface area contributed by atoms with Gasteiger partial charge in [0.1, 0.15) is 5.75 Å². The standard InChI is InChI=1S/C29H30Cl2N2O4S/c1-19(34)37-27-28(21-11-13-22(36-3)14-12-21)38-25-10-5-4-9-24(25)33(29(27)35)18-17-32(2)16-15-20-7-6-8-23(30)26(20)31/h4-14,27-28H,15-18H2,1-3H3/t27-,28+/m1/s1. The molecule has 0 unspecified atom stereocenters. The molecule has 1 amide bonds. The Kier molecular flexibility index (Phi) is 9.60. The van der Waals surface area contributed by atoms with Crippen LogP contribution in [0.5, 0.6) is 5.75 Å². The van der Waals surface area contributed by atoms with E-state index in [1.165, 1.54) is 18.7 Å². The fourth-order valence-corrected chi connectivity index (χ4v) is 6.11. The molecule has 0 aliphatic carbocycles. The third-order valence-corrected chi connectivity index (χ3v) is 8.66. The van der Waals surface area contributed by atoms with Gasteiger partial charge in [0.25, 0.3) is 5.91 Å². The maximum atomic E-state index is 14.0. The molecule has 38 heavy (non-hydrogen) atoms. The van der Waals surface area contributed by atoms with Crippen LogP contribution in [0.25, 0.3) is 0 Å². The van der Waals surface area contributed by atoms with Gasteiger partial charge in [-0.25, -0.2) is 0 Å². The van der Waals surface area contributed by atoms with Crippen LogP contribution >= 0.6 is 35.0 Å². The van der Waals surface area contributed by atoms with E-state index < -0.39 is 17.3 Å². The van der Waals surface area contributed by atoms with Crippen molar-refractivity contribution < 1.29 is 19.1 Å². The number of ether oxygens (including phenoxy) is 2. The number of rotatable bonds is 9. The number of carbonyl (C=O) groups is 2. The van der Waals surface area contributed by atoms with Crippen LogP contribution in [0.15, 0.2) is 71.6 Å². The zero-order valence-corrected chi connectivity index (χ0v) is 23.9. The van der Waals surface area contributed by atoms with Gasteiger partial charge in [0.15, 0.2) is 6.10 Å². The highest BCUT2D eigenvalue weighted by atomic mass is 35.5. The van der Waals surface area contributed by atoms with Gasteiger partial charge in [-0.2, -0.15) is 0 Å². The second-order valence-electron chi connectivity index (χ2n) is 9.07. The number of fused-ring (bicyclic) bond motifs is 1. The predicted octanol–water partition coefficient (Wildman–Crippen LogP) is 6.29. The Balaban J connectivity index is 1.56. The second kappa shape index (κ2) is 12.9. The van der Waals surface area contributed by atoms with E-state index in [1.807, 2.05) is 67.7 Å². The van der Waals surface area contributed by atoms with Gasteiger partial charge in [0, 0.05) is 31.5 Å². The van der Waals surface area contributed by atoms with E-state index in [-0.39, 0.29) is 5.91 Å². The number of thioether (sulfide) groups is 1. The van der Waals surface area contributed by atoms with E-state index in [0.717, 1.165) is 34.7 Å². The van der Waals surface area contributed by atoms with Gasteiger partial charge in [-0.3, -0.25) is 9.59 Å². The van der Waals surface area contributed by atoms with Crippen LogP contribution in [0.4, 0.5) is 5.69 Å². The summed E-state index contributed by atoms with van der Waals surface area (Å²) in [4.78, 5) is 30.9. The molecule has 0 radical (unpaired) electrons. The molecule has 1 aliphatic heterocycles. The van der Waals surface area contributed by atoms with E-state index in [9.17, 15) is 9.59 Å². The van der Waals surface area contributed by atoms with E-state index in [0.29, 0.717) is 28.9 Å². The highest BCUT2D eigenvalue weighted by Crippen LogP contribution is 2.46. The third-order valence-electron chi connectivity index (χ3n) is 6.43. The molecule has 0 saturated carbocycles. The maximum Gasteiger partial charge on any atom is 0.303 e. The van der Waals surface area contributed by atoms with Gasteiger partial charge in [-0.05, 0) is 54.9 Å². The van der Waals surface area contributed by atoms with E-state index in [1.54, 1.807) is 18.1 Å². The number of esters is 1. The lowest BCUT2D eigenvalue weighted by atomic mass is 10.1. The lowest BCUT2D eigenvalue weighted by Gasteiger charge is -2.29. The number of methoxy groups -OCH3 is 1. The number of halogens is 2. The van der Waals surface area contributed by atoms with Crippen molar-refractivity contribution >= 4 is 52.5 Å². The van der Waals surface area contributed by atoms with E-state index in [4.69, 9.17) is 32.7 Å². The number of carbonyl (C=O) groups excluding carboxylic acids is 2. The Hall–Kier alpha value is -2.71. The van der Waals surface area contributed by atoms with Crippen molar-refractivity contribution in [3.63, 3.8) is 0 Å². The summed E-state index contributed by atoms with van der Waals surface area (Å²) >= 11 is 14.0. The van der Waals surface area contributed by atoms with Gasteiger partial charge in [-0.15, -0.1) is 11.8 Å². The topological polar surface area (TPSA) is 59.1 Å². The number of hydrogen-bond donors (Lipinski definition) is 0. The molecule has 3 aromatic rings. The highest BCUT2D eigenvalue weighted by Gasteiger charge is 2.40. The monoisotopic (exact) mass is 572 g/mol. The summed E-state index contributed by atoms with van der Waals surface area (Å²) in [6.07, 6.45) is -0.250. The van der Waals surface area contributed by atoms with Gasteiger partial charge in [0.2, 0.25) is 0 Å². The lowest BCUT2D eigenvalue weighted by molar-refractivity contribution is -0.152. The summed E-state index contributed by atoms with van der Waals surface area (Å²) in [6, 6.07) is 21.0.